The molecular weight excluding hydrogens is 518 g/mol. The first-order chi connectivity index (χ1) is 19.2. The lowest BCUT2D eigenvalue weighted by Crippen LogP contribution is -2.55. The average molecular weight is 568 g/mol. The zero-order chi connectivity index (χ0) is 29.9. The maximum Gasteiger partial charge on any atom is 0.245 e. The van der Waals surface area contributed by atoms with E-state index in [1.54, 1.807) is 0 Å². The number of carbonyl (C=O) groups is 4. The smallest absolute Gasteiger partial charge is 0.245 e. The predicted octanol–water partition coefficient (Wildman–Crippen LogP) is -0.338. The molecule has 0 aliphatic carbocycles. The summed E-state index contributed by atoms with van der Waals surface area (Å²) in [6.07, 6.45) is 6.62. The Morgan fingerprint density at radius 2 is 1.65 bits per heavy atom. The maximum atomic E-state index is 13.7. The van der Waals surface area contributed by atoms with Gasteiger partial charge in [-0.25, -0.2) is 5.48 Å². The molecule has 1 aliphatic heterocycles. The molecule has 1 aliphatic rings. The summed E-state index contributed by atoms with van der Waals surface area (Å²) in [6.45, 7) is 5.09. The van der Waals surface area contributed by atoms with Crippen molar-refractivity contribution in [1.82, 2.24) is 21.0 Å². The minimum Gasteiger partial charge on any atom is -0.370 e. The number of carbonyl (C=O) groups excluding carboxylic acids is 4. The molecule has 0 bridgehead atoms. The Morgan fingerprint density at radius 3 is 2.25 bits per heavy atom. The van der Waals surface area contributed by atoms with Crippen LogP contribution in [0.1, 0.15) is 78.1 Å². The highest BCUT2D eigenvalue weighted by Gasteiger charge is 2.38. The minimum atomic E-state index is -0.814. The number of nitrogens with one attached hydrogen (secondary N) is 3. The van der Waals surface area contributed by atoms with Gasteiger partial charge in [-0.05, 0) is 51.4 Å². The average Bonchev–Trinajstić information content (AvgIpc) is 3.41. The number of amides is 3. The molecule has 0 radical (unpaired) electrons. The largest absolute Gasteiger partial charge is 0.370 e. The van der Waals surface area contributed by atoms with E-state index < -0.39 is 24.0 Å². The third kappa shape index (κ3) is 12.6. The zero-order valence-corrected chi connectivity index (χ0v) is 24.2. The fraction of sp³-hybridized carbons (Fsp3) is 0.769. The van der Waals surface area contributed by atoms with E-state index in [0.717, 1.165) is 25.7 Å². The van der Waals surface area contributed by atoms with Gasteiger partial charge in [-0.2, -0.15) is 0 Å². The lowest BCUT2D eigenvalue weighted by molar-refractivity contribution is -0.142. The van der Waals surface area contributed by atoms with E-state index in [9.17, 15) is 19.2 Å². The van der Waals surface area contributed by atoms with Gasteiger partial charge in [0.05, 0.1) is 13.2 Å². The van der Waals surface area contributed by atoms with Crippen LogP contribution in [0.15, 0.2) is 9.98 Å². The number of hydroxylamine groups is 1. The SMILES string of the molecule is CCCC(CCC)C(=O)NC(CCCN=C(N)NOC)C(=O)N1CCCC1C(=O)NC(C=O)CCCN=C(N)N. The van der Waals surface area contributed by atoms with Crippen molar-refractivity contribution < 1.29 is 24.0 Å². The number of hydrogen-bond donors (Lipinski definition) is 6. The molecule has 1 heterocycles. The van der Waals surface area contributed by atoms with Crippen molar-refractivity contribution in [2.75, 3.05) is 26.7 Å². The number of nitrogens with zero attached hydrogens (tertiary/aromatic N) is 3. The second-order valence-corrected chi connectivity index (χ2v) is 9.94. The van der Waals surface area contributed by atoms with Crippen LogP contribution in [-0.2, 0) is 24.0 Å². The lowest BCUT2D eigenvalue weighted by atomic mass is 9.96. The van der Waals surface area contributed by atoms with Crippen molar-refractivity contribution in [3.8, 4) is 0 Å². The molecule has 3 unspecified atom stereocenters. The maximum absolute atomic E-state index is 13.7. The molecule has 0 aromatic rings. The van der Waals surface area contributed by atoms with Crippen molar-refractivity contribution in [3.05, 3.63) is 0 Å². The molecular formula is C26H49N9O5. The fourth-order valence-electron chi connectivity index (χ4n) is 4.76. The Morgan fingerprint density at radius 1 is 1.00 bits per heavy atom. The Hall–Kier alpha value is -3.42. The third-order valence-corrected chi connectivity index (χ3v) is 6.70. The summed E-state index contributed by atoms with van der Waals surface area (Å²) in [5.41, 5.74) is 18.8. The Bertz CT molecular complexity index is 858. The zero-order valence-electron chi connectivity index (χ0n) is 24.2. The van der Waals surface area contributed by atoms with Crippen molar-refractivity contribution in [1.29, 1.82) is 0 Å². The molecule has 0 aromatic carbocycles. The van der Waals surface area contributed by atoms with E-state index in [0.29, 0.717) is 64.4 Å². The quantitative estimate of drug-likeness (QED) is 0.0395. The minimum absolute atomic E-state index is 0.0360. The first-order valence-corrected chi connectivity index (χ1v) is 14.2. The van der Waals surface area contributed by atoms with E-state index in [1.807, 2.05) is 13.8 Å². The standard InChI is InChI=1S/C26H49N9O5/c1-4-9-18(10-5-2)22(37)33-20(12-7-15-31-26(29)34-40-3)24(39)35-16-8-13-21(35)23(38)32-19(17-36)11-6-14-30-25(27)28/h17-21H,4-16H2,1-3H3,(H,32,38)(H,33,37)(H4,27,28,30)(H3,29,31,34). The monoisotopic (exact) mass is 567 g/mol. The van der Waals surface area contributed by atoms with Crippen LogP contribution in [0, 0.1) is 5.92 Å². The van der Waals surface area contributed by atoms with Crippen LogP contribution >= 0.6 is 0 Å². The number of guanidine groups is 2. The molecule has 1 fully saturated rings. The molecule has 1 rings (SSSR count). The molecule has 14 heteroatoms. The van der Waals surface area contributed by atoms with E-state index in [4.69, 9.17) is 22.0 Å². The summed E-state index contributed by atoms with van der Waals surface area (Å²) in [4.78, 5) is 65.8. The second-order valence-electron chi connectivity index (χ2n) is 9.94. The van der Waals surface area contributed by atoms with Gasteiger partial charge in [0, 0.05) is 25.6 Å². The van der Waals surface area contributed by atoms with E-state index in [-0.39, 0.29) is 29.7 Å². The molecule has 0 spiro atoms. The number of likely N-dealkylation sites (tertiary alicyclic amines) is 1. The van der Waals surface area contributed by atoms with Crippen molar-refractivity contribution in [3.63, 3.8) is 0 Å². The van der Waals surface area contributed by atoms with Crippen LogP contribution in [0.3, 0.4) is 0 Å². The number of rotatable bonds is 19. The van der Waals surface area contributed by atoms with Gasteiger partial charge in [-0.3, -0.25) is 29.2 Å². The number of nitrogens with two attached hydrogens (primary N) is 3. The summed E-state index contributed by atoms with van der Waals surface area (Å²) >= 11 is 0. The van der Waals surface area contributed by atoms with Crippen LogP contribution in [0.5, 0.6) is 0 Å². The fourth-order valence-corrected chi connectivity index (χ4v) is 4.76. The van der Waals surface area contributed by atoms with Crippen LogP contribution in [0.4, 0.5) is 0 Å². The summed E-state index contributed by atoms with van der Waals surface area (Å²) < 4.78 is 0. The molecule has 3 atom stereocenters. The van der Waals surface area contributed by atoms with Crippen LogP contribution in [-0.4, -0.2) is 85.7 Å². The van der Waals surface area contributed by atoms with Crippen molar-refractivity contribution in [2.45, 2.75) is 96.2 Å². The summed E-state index contributed by atoms with van der Waals surface area (Å²) in [6, 6.07) is -2.26. The molecule has 14 nitrogen and oxygen atoms in total. The lowest BCUT2D eigenvalue weighted by Gasteiger charge is -2.30. The molecule has 228 valence electrons. The third-order valence-electron chi connectivity index (χ3n) is 6.70. The van der Waals surface area contributed by atoms with Gasteiger partial charge in [-0.1, -0.05) is 26.7 Å². The number of aldehydes is 1. The summed E-state index contributed by atoms with van der Waals surface area (Å²) in [5, 5.41) is 5.70. The Kier molecular flexibility index (Phi) is 17.0. The van der Waals surface area contributed by atoms with Gasteiger partial charge in [0.2, 0.25) is 23.7 Å². The normalized spacial score (nSPS) is 16.8. The van der Waals surface area contributed by atoms with Gasteiger partial charge in [0.15, 0.2) is 5.96 Å². The van der Waals surface area contributed by atoms with Crippen molar-refractivity contribution in [2.24, 2.45) is 33.1 Å². The van der Waals surface area contributed by atoms with Crippen LogP contribution in [0.25, 0.3) is 0 Å². The van der Waals surface area contributed by atoms with E-state index >= 15 is 0 Å². The summed E-state index contributed by atoms with van der Waals surface area (Å²) in [5.74, 6) is -0.985. The molecule has 1 saturated heterocycles. The number of aliphatic imine (C=N–C) groups is 2. The highest BCUT2D eigenvalue weighted by Crippen LogP contribution is 2.21. The molecule has 40 heavy (non-hydrogen) atoms. The highest BCUT2D eigenvalue weighted by atomic mass is 16.6. The van der Waals surface area contributed by atoms with Crippen molar-refractivity contribution >= 4 is 35.9 Å². The Labute approximate surface area is 237 Å². The van der Waals surface area contributed by atoms with Crippen LogP contribution in [0.2, 0.25) is 0 Å². The van der Waals surface area contributed by atoms with Gasteiger partial charge >= 0.3 is 0 Å². The molecule has 3 amide bonds. The second kappa shape index (κ2) is 19.6. The Balaban J connectivity index is 2.96. The first-order valence-electron chi connectivity index (χ1n) is 14.2. The summed E-state index contributed by atoms with van der Waals surface area (Å²) in [7, 11) is 1.42. The molecule has 0 aromatic heterocycles. The molecule has 9 N–H and O–H groups in total. The highest BCUT2D eigenvalue weighted by molar-refractivity contribution is 5.93. The predicted molar refractivity (Wildman–Crippen MR) is 154 cm³/mol. The first kappa shape index (κ1) is 34.6. The molecule has 0 saturated carbocycles. The van der Waals surface area contributed by atoms with E-state index in [1.165, 1.54) is 12.0 Å². The van der Waals surface area contributed by atoms with Gasteiger partial charge in [0.25, 0.3) is 0 Å². The van der Waals surface area contributed by atoms with Gasteiger partial charge < -0.3 is 37.5 Å². The van der Waals surface area contributed by atoms with Gasteiger partial charge in [-0.15, -0.1) is 0 Å². The van der Waals surface area contributed by atoms with E-state index in [2.05, 4.69) is 26.1 Å². The number of hydrogen-bond acceptors (Lipinski definition) is 7. The van der Waals surface area contributed by atoms with Gasteiger partial charge in [0.1, 0.15) is 18.4 Å². The van der Waals surface area contributed by atoms with Crippen LogP contribution < -0.4 is 33.3 Å². The topological polar surface area (TPSA) is 220 Å².